The number of hydrogen-bond acceptors (Lipinski definition) is 6. The molecule has 2 aromatic rings. The van der Waals surface area contributed by atoms with E-state index in [1.807, 2.05) is 24.1 Å². The molecule has 0 aliphatic heterocycles. The van der Waals surface area contributed by atoms with Crippen LogP contribution >= 0.6 is 11.5 Å². The van der Waals surface area contributed by atoms with E-state index in [2.05, 4.69) is 19.7 Å². The molecule has 0 unspecified atom stereocenters. The molecule has 0 saturated carbocycles. The van der Waals surface area contributed by atoms with Crippen molar-refractivity contribution in [1.82, 2.24) is 18.9 Å². The number of aryl methyl sites for hydroxylation is 1. The van der Waals surface area contributed by atoms with Gasteiger partial charge in [-0.25, -0.2) is 9.97 Å². The summed E-state index contributed by atoms with van der Waals surface area (Å²) >= 11 is 1.39. The Morgan fingerprint density at radius 2 is 2.33 bits per heavy atom. The first-order chi connectivity index (χ1) is 8.79. The quantitative estimate of drug-likeness (QED) is 0.814. The molecule has 0 aromatic carbocycles. The zero-order valence-electron chi connectivity index (χ0n) is 10.6. The summed E-state index contributed by atoms with van der Waals surface area (Å²) in [6, 6.07) is 0. The minimum Gasteiger partial charge on any atom is -0.384 e. The van der Waals surface area contributed by atoms with Gasteiger partial charge in [-0.15, -0.1) is 0 Å². The topological polar surface area (TPSA) is 64.9 Å². The number of methoxy groups -OCH3 is 1. The molecule has 0 aliphatic carbocycles. The minimum absolute atomic E-state index is 0.658. The molecule has 0 aliphatic rings. The number of anilines is 1. The summed E-state index contributed by atoms with van der Waals surface area (Å²) in [4.78, 5) is 8.46. The van der Waals surface area contributed by atoms with Crippen molar-refractivity contribution >= 4 is 16.7 Å². The van der Waals surface area contributed by atoms with E-state index < -0.39 is 0 Å². The van der Waals surface area contributed by atoms with E-state index in [0.29, 0.717) is 6.61 Å². The van der Waals surface area contributed by atoms with Crippen LogP contribution in [0.3, 0.4) is 0 Å². The van der Waals surface area contributed by atoms with Gasteiger partial charge in [-0.05, 0) is 0 Å². The van der Waals surface area contributed by atoms with Gasteiger partial charge in [0, 0.05) is 57.0 Å². The first-order valence-electron chi connectivity index (χ1n) is 5.80. The van der Waals surface area contributed by atoms with Gasteiger partial charge in [0.2, 0.25) is 5.13 Å². The Balaban J connectivity index is 1.76. The van der Waals surface area contributed by atoms with Crippen molar-refractivity contribution in [3.8, 4) is 0 Å². The molecule has 0 atom stereocenters. The third-order valence-electron chi connectivity index (χ3n) is 2.57. The summed E-state index contributed by atoms with van der Waals surface area (Å²) < 4.78 is 11.3. The maximum absolute atomic E-state index is 4.99. The molecule has 7 heteroatoms. The molecule has 0 bridgehead atoms. The molecule has 2 heterocycles. The average Bonchev–Trinajstić information content (AvgIpc) is 2.97. The number of imidazole rings is 1. The van der Waals surface area contributed by atoms with Crippen LogP contribution in [0.15, 0.2) is 12.5 Å². The molecule has 2 aromatic heterocycles. The fraction of sp³-hybridized carbons (Fsp3) is 0.545. The molecule has 2 rings (SSSR count). The van der Waals surface area contributed by atoms with Gasteiger partial charge >= 0.3 is 0 Å². The van der Waals surface area contributed by atoms with E-state index in [0.717, 1.165) is 30.3 Å². The van der Waals surface area contributed by atoms with Gasteiger partial charge in [-0.3, -0.25) is 0 Å². The third kappa shape index (κ3) is 3.51. The lowest BCUT2D eigenvalue weighted by Gasteiger charge is -2.02. The van der Waals surface area contributed by atoms with Crippen molar-refractivity contribution in [2.24, 2.45) is 7.05 Å². The van der Waals surface area contributed by atoms with Crippen molar-refractivity contribution < 1.29 is 4.74 Å². The fourth-order valence-corrected chi connectivity index (χ4v) is 2.18. The predicted octanol–water partition coefficient (Wildman–Crippen LogP) is 1.12. The molecular weight excluding hydrogens is 250 g/mol. The lowest BCUT2D eigenvalue weighted by Crippen LogP contribution is -2.07. The van der Waals surface area contributed by atoms with Crippen molar-refractivity contribution in [2.45, 2.75) is 12.8 Å². The van der Waals surface area contributed by atoms with E-state index in [1.54, 1.807) is 7.11 Å². The lowest BCUT2D eigenvalue weighted by atomic mass is 10.3. The summed E-state index contributed by atoms with van der Waals surface area (Å²) in [5, 5.41) is 4.13. The number of hydrogen-bond donors (Lipinski definition) is 1. The molecule has 0 radical (unpaired) electrons. The first-order valence-corrected chi connectivity index (χ1v) is 6.57. The van der Waals surface area contributed by atoms with Crippen LogP contribution in [0.1, 0.15) is 11.5 Å². The molecule has 98 valence electrons. The SMILES string of the molecule is COCCc1nsc(NCCc2cncn2C)n1. The predicted molar refractivity (Wildman–Crippen MR) is 70.9 cm³/mol. The van der Waals surface area contributed by atoms with Gasteiger partial charge in [0.25, 0.3) is 0 Å². The smallest absolute Gasteiger partial charge is 0.202 e. The Bertz CT molecular complexity index is 481. The number of nitrogens with zero attached hydrogens (tertiary/aromatic N) is 4. The van der Waals surface area contributed by atoms with Crippen molar-refractivity contribution in [3.05, 3.63) is 24.0 Å². The molecule has 18 heavy (non-hydrogen) atoms. The van der Waals surface area contributed by atoms with Crippen LogP contribution in [0.2, 0.25) is 0 Å². The van der Waals surface area contributed by atoms with Crippen LogP contribution < -0.4 is 5.32 Å². The van der Waals surface area contributed by atoms with E-state index in [-0.39, 0.29) is 0 Å². The van der Waals surface area contributed by atoms with Gasteiger partial charge < -0.3 is 14.6 Å². The summed E-state index contributed by atoms with van der Waals surface area (Å²) in [5.41, 5.74) is 1.20. The number of ether oxygens (including phenoxy) is 1. The Kier molecular flexibility index (Phi) is 4.66. The van der Waals surface area contributed by atoms with E-state index in [1.165, 1.54) is 17.2 Å². The van der Waals surface area contributed by atoms with E-state index in [9.17, 15) is 0 Å². The molecular formula is C11H17N5OS. The summed E-state index contributed by atoms with van der Waals surface area (Å²) in [6.07, 6.45) is 5.37. The normalized spacial score (nSPS) is 10.8. The van der Waals surface area contributed by atoms with Crippen LogP contribution in [0.4, 0.5) is 5.13 Å². The highest BCUT2D eigenvalue weighted by molar-refractivity contribution is 7.09. The van der Waals surface area contributed by atoms with Crippen LogP contribution in [-0.4, -0.2) is 39.2 Å². The summed E-state index contributed by atoms with van der Waals surface area (Å²) in [5.74, 6) is 0.838. The second-order valence-corrected chi connectivity index (χ2v) is 4.68. The third-order valence-corrected chi connectivity index (χ3v) is 3.28. The monoisotopic (exact) mass is 267 g/mol. The van der Waals surface area contributed by atoms with Crippen LogP contribution in [0.5, 0.6) is 0 Å². The Morgan fingerprint density at radius 3 is 3.06 bits per heavy atom. The van der Waals surface area contributed by atoms with Gasteiger partial charge in [0.15, 0.2) is 0 Å². The second-order valence-electron chi connectivity index (χ2n) is 3.93. The van der Waals surface area contributed by atoms with Crippen molar-refractivity contribution in [2.75, 3.05) is 25.6 Å². The molecule has 0 saturated heterocycles. The van der Waals surface area contributed by atoms with Crippen LogP contribution in [0.25, 0.3) is 0 Å². The maximum atomic E-state index is 4.99. The van der Waals surface area contributed by atoms with Crippen LogP contribution in [-0.2, 0) is 24.6 Å². The first kappa shape index (κ1) is 13.0. The maximum Gasteiger partial charge on any atom is 0.202 e. The average molecular weight is 267 g/mol. The zero-order valence-corrected chi connectivity index (χ0v) is 11.4. The van der Waals surface area contributed by atoms with Crippen molar-refractivity contribution in [3.63, 3.8) is 0 Å². The number of aromatic nitrogens is 4. The highest BCUT2D eigenvalue weighted by Crippen LogP contribution is 2.11. The second kappa shape index (κ2) is 6.46. The standard InChI is InChI=1S/C11H17N5OS/c1-16-8-12-7-9(16)3-5-13-11-14-10(15-18-11)4-6-17-2/h7-8H,3-6H2,1-2H3,(H,13,14,15). The number of nitrogens with one attached hydrogen (secondary N) is 1. The molecule has 6 nitrogen and oxygen atoms in total. The molecule has 0 amide bonds. The Morgan fingerprint density at radius 1 is 1.44 bits per heavy atom. The van der Waals surface area contributed by atoms with Crippen molar-refractivity contribution in [1.29, 1.82) is 0 Å². The minimum atomic E-state index is 0.658. The number of rotatable bonds is 7. The highest BCUT2D eigenvalue weighted by Gasteiger charge is 2.04. The van der Waals surface area contributed by atoms with Gasteiger partial charge in [0.1, 0.15) is 5.82 Å². The van der Waals surface area contributed by atoms with Gasteiger partial charge in [-0.2, -0.15) is 4.37 Å². The summed E-state index contributed by atoms with van der Waals surface area (Å²) in [7, 11) is 3.68. The molecule has 0 fully saturated rings. The Labute approximate surface area is 110 Å². The van der Waals surface area contributed by atoms with Crippen LogP contribution in [0, 0.1) is 0 Å². The molecule has 1 N–H and O–H groups in total. The zero-order chi connectivity index (χ0) is 12.8. The summed E-state index contributed by atoms with van der Waals surface area (Å²) in [6.45, 7) is 1.49. The van der Waals surface area contributed by atoms with Gasteiger partial charge in [-0.1, -0.05) is 0 Å². The Hall–Kier alpha value is -1.47. The largest absolute Gasteiger partial charge is 0.384 e. The van der Waals surface area contributed by atoms with E-state index in [4.69, 9.17) is 4.74 Å². The lowest BCUT2D eigenvalue weighted by molar-refractivity contribution is 0.201. The van der Waals surface area contributed by atoms with E-state index >= 15 is 0 Å². The molecule has 0 spiro atoms. The van der Waals surface area contributed by atoms with Gasteiger partial charge in [0.05, 0.1) is 12.9 Å². The highest BCUT2D eigenvalue weighted by atomic mass is 32.1. The fourth-order valence-electron chi connectivity index (χ4n) is 1.54.